The number of hydrogen-bond acceptors (Lipinski definition) is 4. The number of aliphatic hydroxyl groups excluding tert-OH is 1. The zero-order chi connectivity index (χ0) is 15.2. The van der Waals surface area contributed by atoms with Crippen molar-refractivity contribution in [1.29, 1.82) is 0 Å². The van der Waals surface area contributed by atoms with Crippen molar-refractivity contribution in [3.63, 3.8) is 0 Å². The summed E-state index contributed by atoms with van der Waals surface area (Å²) in [7, 11) is 0. The fraction of sp³-hybridized carbons (Fsp3) is 0.600. The highest BCUT2D eigenvalue weighted by Gasteiger charge is 2.19. The highest BCUT2D eigenvalue weighted by atomic mass is 35.5. The lowest BCUT2D eigenvalue weighted by Crippen LogP contribution is -2.32. The molecule has 0 spiro atoms. The van der Waals surface area contributed by atoms with Crippen molar-refractivity contribution < 1.29 is 9.90 Å². The molecule has 1 aliphatic rings. The molecule has 1 saturated carbocycles. The minimum atomic E-state index is -0.128. The summed E-state index contributed by atoms with van der Waals surface area (Å²) >= 11 is 6.16. The number of nitrogens with zero attached hydrogens (tertiary/aromatic N) is 1. The van der Waals surface area contributed by atoms with Gasteiger partial charge >= 0.3 is 0 Å². The normalized spacial score (nSPS) is 16.7. The van der Waals surface area contributed by atoms with Gasteiger partial charge in [0, 0.05) is 12.2 Å². The molecule has 21 heavy (non-hydrogen) atoms. The Hall–Kier alpha value is -1.33. The van der Waals surface area contributed by atoms with Crippen molar-refractivity contribution in [2.75, 3.05) is 11.9 Å². The van der Waals surface area contributed by atoms with Gasteiger partial charge in [0.15, 0.2) is 0 Å². The zero-order valence-electron chi connectivity index (χ0n) is 12.2. The van der Waals surface area contributed by atoms with Gasteiger partial charge in [-0.1, -0.05) is 31.4 Å². The van der Waals surface area contributed by atoms with Crippen molar-refractivity contribution in [3.8, 4) is 0 Å². The van der Waals surface area contributed by atoms with Crippen LogP contribution in [0.4, 0.5) is 5.82 Å². The molecule has 1 fully saturated rings. The second-order valence-electron chi connectivity index (χ2n) is 5.44. The highest BCUT2D eigenvalue weighted by molar-refractivity contribution is 6.33. The van der Waals surface area contributed by atoms with Crippen LogP contribution in [0.3, 0.4) is 0 Å². The van der Waals surface area contributed by atoms with E-state index in [9.17, 15) is 9.90 Å². The average molecular weight is 312 g/mol. The fourth-order valence-electron chi connectivity index (χ4n) is 2.48. The average Bonchev–Trinajstić information content (AvgIpc) is 2.99. The number of nitrogens with one attached hydrogen (secondary N) is 2. The molecule has 0 aliphatic heterocycles. The Kier molecular flexibility index (Phi) is 5.82. The molecule has 2 rings (SSSR count). The third-order valence-corrected chi connectivity index (χ3v) is 4.14. The molecule has 116 valence electrons. The van der Waals surface area contributed by atoms with Crippen LogP contribution in [0.1, 0.15) is 49.4 Å². The van der Waals surface area contributed by atoms with E-state index in [0.29, 0.717) is 16.4 Å². The van der Waals surface area contributed by atoms with E-state index in [1.165, 1.54) is 19.0 Å². The molecule has 0 aromatic carbocycles. The minimum absolute atomic E-state index is 0.0123. The Bertz CT molecular complexity index is 486. The molecule has 0 radical (unpaired) electrons. The van der Waals surface area contributed by atoms with E-state index in [2.05, 4.69) is 15.6 Å². The number of carbonyl (C=O) groups excluding carboxylic acids is 1. The van der Waals surface area contributed by atoms with Gasteiger partial charge in [-0.2, -0.15) is 0 Å². The Morgan fingerprint density at radius 3 is 2.81 bits per heavy atom. The topological polar surface area (TPSA) is 74.2 Å². The molecule has 1 atom stereocenters. The number of anilines is 1. The van der Waals surface area contributed by atoms with E-state index in [-0.39, 0.29) is 24.6 Å². The van der Waals surface area contributed by atoms with Gasteiger partial charge in [0.2, 0.25) is 0 Å². The Labute approximate surface area is 130 Å². The maximum Gasteiger partial charge on any atom is 0.253 e. The predicted molar refractivity (Wildman–Crippen MR) is 83.8 cm³/mol. The standard InChI is InChI=1S/C15H22ClN3O2/c1-2-11(9-20)18-14-13(16)7-10(8-17-14)15(21)19-12-5-3-4-6-12/h7-8,11-12,20H,2-6,9H2,1H3,(H,17,18)(H,19,21). The number of carbonyl (C=O) groups is 1. The zero-order valence-corrected chi connectivity index (χ0v) is 13.0. The van der Waals surface area contributed by atoms with Crippen molar-refractivity contribution in [3.05, 3.63) is 22.8 Å². The van der Waals surface area contributed by atoms with Gasteiger partial charge in [0.05, 0.1) is 23.2 Å². The first-order valence-corrected chi connectivity index (χ1v) is 7.85. The van der Waals surface area contributed by atoms with Crippen molar-refractivity contribution in [2.24, 2.45) is 0 Å². The van der Waals surface area contributed by atoms with Gasteiger partial charge < -0.3 is 15.7 Å². The summed E-state index contributed by atoms with van der Waals surface area (Å²) in [5.41, 5.74) is 0.467. The summed E-state index contributed by atoms with van der Waals surface area (Å²) in [5.74, 6) is 0.368. The number of aliphatic hydroxyl groups is 1. The molecular formula is C15H22ClN3O2. The highest BCUT2D eigenvalue weighted by Crippen LogP contribution is 2.22. The van der Waals surface area contributed by atoms with Crippen LogP contribution in [0.5, 0.6) is 0 Å². The van der Waals surface area contributed by atoms with E-state index in [1.54, 1.807) is 6.07 Å². The van der Waals surface area contributed by atoms with Crippen LogP contribution >= 0.6 is 11.6 Å². The molecule has 1 amide bonds. The number of amides is 1. The van der Waals surface area contributed by atoms with Crippen LogP contribution in [0.25, 0.3) is 0 Å². The minimum Gasteiger partial charge on any atom is -0.394 e. The first kappa shape index (κ1) is 16.0. The Balaban J connectivity index is 2.01. The predicted octanol–water partition coefficient (Wildman–Crippen LogP) is 2.59. The lowest BCUT2D eigenvalue weighted by atomic mass is 10.2. The first-order valence-electron chi connectivity index (χ1n) is 7.47. The lowest BCUT2D eigenvalue weighted by molar-refractivity contribution is 0.0937. The number of pyridine rings is 1. The van der Waals surface area contributed by atoms with Crippen LogP contribution in [0.15, 0.2) is 12.3 Å². The summed E-state index contributed by atoms with van der Waals surface area (Å²) in [4.78, 5) is 16.3. The van der Waals surface area contributed by atoms with Crippen molar-refractivity contribution >= 4 is 23.3 Å². The van der Waals surface area contributed by atoms with Gasteiger partial charge in [0.1, 0.15) is 5.82 Å². The van der Waals surface area contributed by atoms with Crippen LogP contribution < -0.4 is 10.6 Å². The lowest BCUT2D eigenvalue weighted by Gasteiger charge is -2.16. The summed E-state index contributed by atoms with van der Waals surface area (Å²) in [6.07, 6.45) is 6.71. The van der Waals surface area contributed by atoms with E-state index in [1.807, 2.05) is 6.92 Å². The maximum atomic E-state index is 12.1. The van der Waals surface area contributed by atoms with Crippen LogP contribution in [0.2, 0.25) is 5.02 Å². The molecular weight excluding hydrogens is 290 g/mol. The Morgan fingerprint density at radius 2 is 2.24 bits per heavy atom. The summed E-state index contributed by atoms with van der Waals surface area (Å²) < 4.78 is 0. The third-order valence-electron chi connectivity index (χ3n) is 3.85. The van der Waals surface area contributed by atoms with Gasteiger partial charge in [0.25, 0.3) is 5.91 Å². The second-order valence-corrected chi connectivity index (χ2v) is 5.85. The smallest absolute Gasteiger partial charge is 0.253 e. The summed E-state index contributed by atoms with van der Waals surface area (Å²) in [5, 5.41) is 15.6. The van der Waals surface area contributed by atoms with E-state index < -0.39 is 0 Å². The molecule has 5 nitrogen and oxygen atoms in total. The second kappa shape index (κ2) is 7.61. The number of rotatable bonds is 6. The van der Waals surface area contributed by atoms with E-state index in [0.717, 1.165) is 19.3 Å². The molecule has 1 heterocycles. The molecule has 1 aromatic heterocycles. The first-order chi connectivity index (χ1) is 10.1. The monoisotopic (exact) mass is 311 g/mol. The quantitative estimate of drug-likeness (QED) is 0.755. The molecule has 1 aromatic rings. The molecule has 0 saturated heterocycles. The van der Waals surface area contributed by atoms with Gasteiger partial charge in [-0.3, -0.25) is 4.79 Å². The number of halogens is 1. The SMILES string of the molecule is CCC(CO)Nc1ncc(C(=O)NC2CCCC2)cc1Cl. The molecule has 1 aliphatic carbocycles. The molecule has 1 unspecified atom stereocenters. The van der Waals surface area contributed by atoms with Crippen LogP contribution in [0, 0.1) is 0 Å². The van der Waals surface area contributed by atoms with Gasteiger partial charge in [-0.25, -0.2) is 4.98 Å². The van der Waals surface area contributed by atoms with E-state index >= 15 is 0 Å². The third kappa shape index (κ3) is 4.32. The van der Waals surface area contributed by atoms with Gasteiger partial charge in [-0.15, -0.1) is 0 Å². The number of hydrogen-bond donors (Lipinski definition) is 3. The summed E-state index contributed by atoms with van der Waals surface area (Å²) in [6, 6.07) is 1.80. The molecule has 0 bridgehead atoms. The number of aromatic nitrogens is 1. The maximum absolute atomic E-state index is 12.1. The molecule has 6 heteroatoms. The van der Waals surface area contributed by atoms with E-state index in [4.69, 9.17) is 11.6 Å². The fourth-order valence-corrected chi connectivity index (χ4v) is 2.70. The van der Waals surface area contributed by atoms with Crippen LogP contribution in [-0.4, -0.2) is 34.7 Å². The van der Waals surface area contributed by atoms with Crippen molar-refractivity contribution in [1.82, 2.24) is 10.3 Å². The summed E-state index contributed by atoms with van der Waals surface area (Å²) in [6.45, 7) is 1.98. The Morgan fingerprint density at radius 1 is 1.52 bits per heavy atom. The van der Waals surface area contributed by atoms with Gasteiger partial charge in [-0.05, 0) is 25.3 Å². The molecule has 3 N–H and O–H groups in total. The van der Waals surface area contributed by atoms with Crippen LogP contribution in [-0.2, 0) is 0 Å². The largest absolute Gasteiger partial charge is 0.394 e. The van der Waals surface area contributed by atoms with Crippen molar-refractivity contribution in [2.45, 2.75) is 51.1 Å².